The van der Waals surface area contributed by atoms with E-state index in [0.717, 1.165) is 29.9 Å². The van der Waals surface area contributed by atoms with E-state index in [4.69, 9.17) is 15.0 Å². The number of hydrogen-bond acceptors (Lipinski definition) is 6. The number of nitrogens with two attached hydrogens (primary N) is 1. The number of aromatic carboxylic acids is 1. The summed E-state index contributed by atoms with van der Waals surface area (Å²) in [5.74, 6) is 2.92. The summed E-state index contributed by atoms with van der Waals surface area (Å²) in [5.41, 5.74) is 0.979. The molecule has 216 valence electrons. The molecule has 1 atom stereocenters. The minimum Gasteiger partial charge on any atom is -0.476 e. The number of aromatic nitrogens is 3. The van der Waals surface area contributed by atoms with Crippen molar-refractivity contribution in [1.82, 2.24) is 14.8 Å². The Hall–Kier alpha value is -3.83. The number of rotatable bonds is 8. The van der Waals surface area contributed by atoms with Crippen molar-refractivity contribution in [3.8, 4) is 28.2 Å². The Morgan fingerprint density at radius 1 is 1.21 bits per heavy atom. The number of hydrogen-bond donors (Lipinski definition) is 2. The van der Waals surface area contributed by atoms with Crippen molar-refractivity contribution in [2.24, 2.45) is 11.1 Å². The lowest BCUT2D eigenvalue weighted by Crippen LogP contribution is -2.44. The van der Waals surface area contributed by atoms with Gasteiger partial charge in [0.25, 0.3) is 0 Å². The van der Waals surface area contributed by atoms with E-state index < -0.39 is 34.3 Å². The number of benzene rings is 2. The molecule has 6 rings (SSSR count). The first-order valence-electron chi connectivity index (χ1n) is 13.0. The molecule has 0 amide bonds. The number of carboxylic acids is 1. The first-order chi connectivity index (χ1) is 20.1. The fourth-order valence-corrected chi connectivity index (χ4v) is 5.94. The van der Waals surface area contributed by atoms with E-state index in [1.807, 2.05) is 0 Å². The average Bonchev–Trinajstić information content (AvgIpc) is 3.49. The quantitative estimate of drug-likeness (QED) is 0.171. The molecule has 0 bridgehead atoms. The zero-order valence-electron chi connectivity index (χ0n) is 21.9. The summed E-state index contributed by atoms with van der Waals surface area (Å²) in [7, 11) is -2.36. The number of thiazole rings is 1. The van der Waals surface area contributed by atoms with Gasteiger partial charge in [-0.3, -0.25) is 0 Å². The molecular formula is C29H24F3N4O4S2+. The summed E-state index contributed by atoms with van der Waals surface area (Å²) in [4.78, 5) is 15.7. The maximum atomic E-state index is 14.8. The van der Waals surface area contributed by atoms with Crippen LogP contribution in [-0.4, -0.2) is 44.7 Å². The van der Waals surface area contributed by atoms with Gasteiger partial charge in [-0.25, -0.2) is 27.6 Å². The number of alkyl halides is 1. The van der Waals surface area contributed by atoms with Crippen molar-refractivity contribution in [2.45, 2.75) is 36.2 Å². The van der Waals surface area contributed by atoms with Crippen molar-refractivity contribution < 1.29 is 32.0 Å². The first kappa shape index (κ1) is 28.3. The van der Waals surface area contributed by atoms with Crippen molar-refractivity contribution in [3.05, 3.63) is 81.5 Å². The van der Waals surface area contributed by atoms with E-state index in [1.54, 1.807) is 10.7 Å². The SMILES string of the molecule is N[SH+](=O)c1ccc(Cc2c(-c3ccc(F)c(C#CC4(F)COC4)c3)nn(-c3nc(C(=O)O)cs3)c2CC2CC2)cc1F. The molecular weight excluding hydrogens is 589 g/mol. The molecule has 1 aliphatic carbocycles. The zero-order chi connectivity index (χ0) is 29.6. The molecule has 0 radical (unpaired) electrons. The number of carboxylic acid groups (broad SMARTS) is 1. The van der Waals surface area contributed by atoms with E-state index in [0.29, 0.717) is 39.9 Å². The van der Waals surface area contributed by atoms with Crippen LogP contribution >= 0.6 is 11.3 Å². The van der Waals surface area contributed by atoms with Crippen LogP contribution < -0.4 is 5.14 Å². The molecule has 2 fully saturated rings. The predicted molar refractivity (Wildman–Crippen MR) is 151 cm³/mol. The van der Waals surface area contributed by atoms with Crippen LogP contribution in [0, 0.1) is 29.4 Å². The van der Waals surface area contributed by atoms with Gasteiger partial charge in [-0.2, -0.15) is 5.10 Å². The van der Waals surface area contributed by atoms with Crippen LogP contribution in [0.15, 0.2) is 46.7 Å². The van der Waals surface area contributed by atoms with Crippen LogP contribution in [0.3, 0.4) is 0 Å². The third-order valence-electron chi connectivity index (χ3n) is 7.11. The molecule has 1 saturated carbocycles. The van der Waals surface area contributed by atoms with Gasteiger partial charge in [-0.05, 0) is 61.1 Å². The van der Waals surface area contributed by atoms with Crippen LogP contribution in [0.1, 0.15) is 45.7 Å². The number of ether oxygens (including phenoxy) is 1. The number of nitrogens with zero attached hydrogens (tertiary/aromatic N) is 3. The number of carbonyl (C=O) groups is 1. The van der Waals surface area contributed by atoms with E-state index in [2.05, 4.69) is 16.8 Å². The molecule has 4 aromatic rings. The molecule has 1 saturated heterocycles. The van der Waals surface area contributed by atoms with E-state index in [-0.39, 0.29) is 35.8 Å². The fourth-order valence-electron chi connectivity index (χ4n) is 4.67. The molecule has 2 aliphatic rings. The smallest absolute Gasteiger partial charge is 0.355 e. The Bertz CT molecular complexity index is 1800. The Kier molecular flexibility index (Phi) is 7.48. The highest BCUT2D eigenvalue weighted by Gasteiger charge is 2.37. The van der Waals surface area contributed by atoms with Gasteiger partial charge in [0.15, 0.2) is 22.5 Å². The molecule has 42 heavy (non-hydrogen) atoms. The highest BCUT2D eigenvalue weighted by molar-refractivity contribution is 7.82. The molecule has 3 N–H and O–H groups in total. The van der Waals surface area contributed by atoms with Gasteiger partial charge in [-0.15, -0.1) is 16.5 Å². The topological polar surface area (TPSA) is 120 Å². The fraction of sp³-hybridized carbons (Fsp3) is 0.276. The lowest BCUT2D eigenvalue weighted by Gasteiger charge is -2.28. The summed E-state index contributed by atoms with van der Waals surface area (Å²) in [5, 5.41) is 21.4. The summed E-state index contributed by atoms with van der Waals surface area (Å²) >= 11 is 1.12. The van der Waals surface area contributed by atoms with Crippen LogP contribution in [0.5, 0.6) is 0 Å². The van der Waals surface area contributed by atoms with Gasteiger partial charge in [0.05, 0.1) is 30.2 Å². The Labute approximate surface area is 244 Å². The minimum atomic E-state index is -2.36. The number of thiol groups is 1. The first-order valence-corrected chi connectivity index (χ1v) is 15.2. The number of halogens is 3. The molecule has 1 unspecified atom stereocenters. The second kappa shape index (κ2) is 11.1. The van der Waals surface area contributed by atoms with Gasteiger partial charge >= 0.3 is 5.97 Å². The van der Waals surface area contributed by atoms with Gasteiger partial charge in [-0.1, -0.05) is 22.1 Å². The van der Waals surface area contributed by atoms with Crippen LogP contribution in [0.25, 0.3) is 16.4 Å². The lowest BCUT2D eigenvalue weighted by molar-refractivity contribution is -0.0934. The molecule has 2 aromatic carbocycles. The summed E-state index contributed by atoms with van der Waals surface area (Å²) in [6, 6.07) is 8.53. The molecule has 1 aliphatic heterocycles. The Morgan fingerprint density at radius 2 is 2.00 bits per heavy atom. The Morgan fingerprint density at radius 3 is 2.62 bits per heavy atom. The van der Waals surface area contributed by atoms with Crippen LogP contribution in [0.4, 0.5) is 13.2 Å². The largest absolute Gasteiger partial charge is 0.476 e. The van der Waals surface area contributed by atoms with E-state index >= 15 is 0 Å². The monoisotopic (exact) mass is 613 g/mol. The molecule has 3 heterocycles. The standard InChI is InChI=1S/C29H23F3N4O4S2/c30-21-5-4-19(12-18(21)7-8-29(32)14-40-15-29)26-20(9-17-3-6-25(42(33)39)22(31)10-17)24(11-16-1-2-16)36(35-26)28-34-23(13-41-28)27(37)38/h3-6,10,12-13,16H,1-2,9,11,14-15H2,(H2,33,39)(H,37,38)/p+1. The summed E-state index contributed by atoms with van der Waals surface area (Å²) in [6.07, 6.45) is 2.83. The van der Waals surface area contributed by atoms with Gasteiger partial charge < -0.3 is 9.84 Å². The van der Waals surface area contributed by atoms with Gasteiger partial charge in [0.1, 0.15) is 5.82 Å². The average molecular weight is 614 g/mol. The minimum absolute atomic E-state index is 0.0229. The summed E-state index contributed by atoms with van der Waals surface area (Å²) in [6.45, 7) is -0.361. The van der Waals surface area contributed by atoms with Crippen molar-refractivity contribution in [3.63, 3.8) is 0 Å². The molecule has 8 nitrogen and oxygen atoms in total. The Balaban J connectivity index is 1.50. The van der Waals surface area contributed by atoms with E-state index in [1.165, 1.54) is 35.7 Å². The highest BCUT2D eigenvalue weighted by atomic mass is 32.2. The van der Waals surface area contributed by atoms with Gasteiger partial charge in [0, 0.05) is 22.9 Å². The van der Waals surface area contributed by atoms with Crippen molar-refractivity contribution in [1.29, 1.82) is 0 Å². The third kappa shape index (κ3) is 5.76. The predicted octanol–water partition coefficient (Wildman–Crippen LogP) is 4.53. The second-order valence-electron chi connectivity index (χ2n) is 10.3. The van der Waals surface area contributed by atoms with Crippen LogP contribution in [0.2, 0.25) is 0 Å². The van der Waals surface area contributed by atoms with Crippen molar-refractivity contribution in [2.75, 3.05) is 13.2 Å². The normalized spacial score (nSPS) is 16.4. The third-order valence-corrected chi connectivity index (χ3v) is 8.77. The lowest BCUT2D eigenvalue weighted by atomic mass is 9.96. The summed E-state index contributed by atoms with van der Waals surface area (Å²) < 4.78 is 62.2. The molecule has 0 spiro atoms. The zero-order valence-corrected chi connectivity index (χ0v) is 23.7. The van der Waals surface area contributed by atoms with Crippen molar-refractivity contribution >= 4 is 28.3 Å². The van der Waals surface area contributed by atoms with Crippen LogP contribution in [-0.2, 0) is 32.8 Å². The van der Waals surface area contributed by atoms with Gasteiger partial charge in [0.2, 0.25) is 15.7 Å². The molecule has 2 aromatic heterocycles. The maximum absolute atomic E-state index is 14.8. The highest BCUT2D eigenvalue weighted by Crippen LogP contribution is 2.38. The van der Waals surface area contributed by atoms with E-state index in [9.17, 15) is 27.3 Å². The second-order valence-corrected chi connectivity index (χ2v) is 12.3. The molecule has 13 heteroatoms. The maximum Gasteiger partial charge on any atom is 0.355 e.